The van der Waals surface area contributed by atoms with Crippen LogP contribution in [0.3, 0.4) is 0 Å². The average molecular weight is 351 g/mol. The first-order valence-electron chi connectivity index (χ1n) is 7.99. The number of aromatic nitrogens is 3. The molecular weight excluding hydrogens is 331 g/mol. The number of nitrogens with zero attached hydrogens (tertiary/aromatic N) is 4. The molecule has 128 valence electrons. The van der Waals surface area contributed by atoms with Crippen molar-refractivity contribution in [3.05, 3.63) is 46.8 Å². The summed E-state index contributed by atoms with van der Waals surface area (Å²) in [5, 5.41) is 8.24. The first kappa shape index (κ1) is 16.9. The lowest BCUT2D eigenvalue weighted by Crippen LogP contribution is -2.45. The fourth-order valence-electron chi connectivity index (χ4n) is 3.23. The molecule has 2 heterocycles. The number of fused-ring (bicyclic) bond motifs is 1. The molecule has 1 aromatic carbocycles. The first-order valence-corrected chi connectivity index (χ1v) is 8.52. The summed E-state index contributed by atoms with van der Waals surface area (Å²) in [5.41, 5.74) is 1.38. The maximum atomic E-state index is 14.2. The maximum Gasteiger partial charge on any atom is 0.238 e. The van der Waals surface area contributed by atoms with Crippen LogP contribution in [0.15, 0.2) is 18.2 Å². The molecule has 0 fully saturated rings. The van der Waals surface area contributed by atoms with Crippen molar-refractivity contribution >= 4 is 17.5 Å². The van der Waals surface area contributed by atoms with E-state index in [-0.39, 0.29) is 30.2 Å². The van der Waals surface area contributed by atoms with Gasteiger partial charge in [-0.15, -0.1) is 21.8 Å². The van der Waals surface area contributed by atoms with Crippen LogP contribution in [-0.4, -0.2) is 37.5 Å². The Balaban J connectivity index is 1.88. The van der Waals surface area contributed by atoms with Gasteiger partial charge in [-0.25, -0.2) is 4.39 Å². The number of amides is 1. The van der Waals surface area contributed by atoms with E-state index in [4.69, 9.17) is 11.6 Å². The Bertz CT molecular complexity index is 741. The van der Waals surface area contributed by atoms with E-state index in [0.29, 0.717) is 12.1 Å². The number of carbonyl (C=O) groups excluding carboxylic acids is 1. The topological polar surface area (TPSA) is 51.0 Å². The summed E-state index contributed by atoms with van der Waals surface area (Å²) in [5.74, 6) is 1.18. The molecule has 1 unspecified atom stereocenters. The second kappa shape index (κ2) is 6.89. The van der Waals surface area contributed by atoms with Gasteiger partial charge in [0.2, 0.25) is 5.91 Å². The molecule has 1 aliphatic rings. The van der Waals surface area contributed by atoms with Gasteiger partial charge in [-0.1, -0.05) is 12.1 Å². The Labute approximate surface area is 145 Å². The SMILES string of the molecule is Cc1cccc(F)c1CN(C(=O)CCl)C1CCc2nnc(C)n2C1. The van der Waals surface area contributed by atoms with Gasteiger partial charge in [0, 0.05) is 25.1 Å². The van der Waals surface area contributed by atoms with Gasteiger partial charge in [-0.2, -0.15) is 0 Å². The highest BCUT2D eigenvalue weighted by molar-refractivity contribution is 6.27. The minimum atomic E-state index is -0.292. The Hall–Kier alpha value is -1.95. The summed E-state index contributed by atoms with van der Waals surface area (Å²) in [6, 6.07) is 4.91. The molecule has 0 saturated carbocycles. The zero-order chi connectivity index (χ0) is 17.3. The molecule has 2 aromatic rings. The van der Waals surface area contributed by atoms with Crippen LogP contribution < -0.4 is 0 Å². The van der Waals surface area contributed by atoms with E-state index in [1.165, 1.54) is 6.07 Å². The van der Waals surface area contributed by atoms with E-state index in [2.05, 4.69) is 10.2 Å². The third-order valence-corrected chi connectivity index (χ3v) is 4.89. The van der Waals surface area contributed by atoms with Gasteiger partial charge in [0.25, 0.3) is 0 Å². The van der Waals surface area contributed by atoms with E-state index >= 15 is 0 Å². The van der Waals surface area contributed by atoms with Gasteiger partial charge in [0.05, 0.1) is 6.04 Å². The molecule has 1 aromatic heterocycles. The number of hydrogen-bond donors (Lipinski definition) is 0. The van der Waals surface area contributed by atoms with Crippen LogP contribution in [0.1, 0.15) is 29.2 Å². The summed E-state index contributed by atoms with van der Waals surface area (Å²) in [6.07, 6.45) is 1.52. The van der Waals surface area contributed by atoms with Crippen molar-refractivity contribution < 1.29 is 9.18 Å². The molecule has 0 aliphatic carbocycles. The molecule has 1 amide bonds. The molecule has 24 heavy (non-hydrogen) atoms. The van der Waals surface area contributed by atoms with Crippen LogP contribution in [0.2, 0.25) is 0 Å². The number of hydrogen-bond acceptors (Lipinski definition) is 3. The molecule has 0 bridgehead atoms. The summed E-state index contributed by atoms with van der Waals surface area (Å²) in [4.78, 5) is 14.1. The van der Waals surface area contributed by atoms with Gasteiger partial charge < -0.3 is 9.47 Å². The smallest absolute Gasteiger partial charge is 0.238 e. The highest BCUT2D eigenvalue weighted by Gasteiger charge is 2.30. The zero-order valence-corrected chi connectivity index (χ0v) is 14.6. The van der Waals surface area contributed by atoms with Gasteiger partial charge in [-0.3, -0.25) is 4.79 Å². The van der Waals surface area contributed by atoms with Crippen LogP contribution in [0.4, 0.5) is 4.39 Å². The summed E-state index contributed by atoms with van der Waals surface area (Å²) in [7, 11) is 0. The van der Waals surface area contributed by atoms with Crippen molar-refractivity contribution in [1.29, 1.82) is 0 Å². The molecule has 1 atom stereocenters. The number of carbonyl (C=O) groups is 1. The fourth-order valence-corrected chi connectivity index (χ4v) is 3.39. The van der Waals surface area contributed by atoms with E-state index in [1.54, 1.807) is 11.0 Å². The Morgan fingerprint density at radius 2 is 2.21 bits per heavy atom. The van der Waals surface area contributed by atoms with Crippen LogP contribution in [0.5, 0.6) is 0 Å². The van der Waals surface area contributed by atoms with Crippen molar-refractivity contribution in [2.45, 2.75) is 45.8 Å². The second-order valence-electron chi connectivity index (χ2n) is 6.16. The number of aryl methyl sites for hydroxylation is 3. The maximum absolute atomic E-state index is 14.2. The number of alkyl halides is 1. The quantitative estimate of drug-likeness (QED) is 0.796. The largest absolute Gasteiger partial charge is 0.332 e. The lowest BCUT2D eigenvalue weighted by atomic mass is 10.0. The van der Waals surface area contributed by atoms with Crippen LogP contribution in [-0.2, 0) is 24.3 Å². The third kappa shape index (κ3) is 3.15. The van der Waals surface area contributed by atoms with E-state index in [0.717, 1.165) is 30.1 Å². The second-order valence-corrected chi connectivity index (χ2v) is 6.42. The van der Waals surface area contributed by atoms with Crippen LogP contribution in [0, 0.1) is 19.7 Å². The minimum Gasteiger partial charge on any atom is -0.332 e. The van der Waals surface area contributed by atoms with Gasteiger partial charge >= 0.3 is 0 Å². The molecular formula is C17H20ClFN4O. The van der Waals surface area contributed by atoms with Crippen LogP contribution in [0.25, 0.3) is 0 Å². The lowest BCUT2D eigenvalue weighted by molar-refractivity contribution is -0.132. The minimum absolute atomic E-state index is 0.0440. The highest BCUT2D eigenvalue weighted by atomic mass is 35.5. The average Bonchev–Trinajstić information content (AvgIpc) is 2.95. The summed E-state index contributed by atoms with van der Waals surface area (Å²) in [6.45, 7) is 4.59. The number of halogens is 2. The van der Waals surface area contributed by atoms with Gasteiger partial charge in [-0.05, 0) is 31.9 Å². The van der Waals surface area contributed by atoms with Crippen molar-refractivity contribution in [2.24, 2.45) is 0 Å². The lowest BCUT2D eigenvalue weighted by Gasteiger charge is -2.35. The highest BCUT2D eigenvalue weighted by Crippen LogP contribution is 2.23. The molecule has 0 N–H and O–H groups in total. The Kier molecular flexibility index (Phi) is 4.85. The standard InChI is InChI=1S/C17H20ClFN4O/c1-11-4-3-5-15(19)14(11)10-23(17(24)8-18)13-6-7-16-21-20-12(2)22(16)9-13/h3-5,13H,6-10H2,1-2H3. The zero-order valence-electron chi connectivity index (χ0n) is 13.8. The van der Waals surface area contributed by atoms with E-state index in [1.807, 2.05) is 24.5 Å². The predicted molar refractivity (Wildman–Crippen MR) is 89.3 cm³/mol. The predicted octanol–water partition coefficient (Wildman–Crippen LogP) is 2.62. The van der Waals surface area contributed by atoms with Crippen molar-refractivity contribution in [3.63, 3.8) is 0 Å². The Morgan fingerprint density at radius 1 is 1.42 bits per heavy atom. The summed E-state index contributed by atoms with van der Waals surface area (Å²) >= 11 is 5.81. The molecule has 3 rings (SSSR count). The van der Waals surface area contributed by atoms with Gasteiger partial charge in [0.15, 0.2) is 0 Å². The first-order chi connectivity index (χ1) is 11.5. The Morgan fingerprint density at radius 3 is 2.92 bits per heavy atom. The monoisotopic (exact) mass is 350 g/mol. The van der Waals surface area contributed by atoms with E-state index in [9.17, 15) is 9.18 Å². The van der Waals surface area contributed by atoms with Crippen molar-refractivity contribution in [3.8, 4) is 0 Å². The fraction of sp³-hybridized carbons (Fsp3) is 0.471. The normalized spacial score (nSPS) is 16.8. The molecule has 7 heteroatoms. The molecule has 0 spiro atoms. The third-order valence-electron chi connectivity index (χ3n) is 4.66. The van der Waals surface area contributed by atoms with Gasteiger partial charge in [0.1, 0.15) is 23.3 Å². The molecule has 0 saturated heterocycles. The summed E-state index contributed by atoms with van der Waals surface area (Å²) < 4.78 is 16.2. The molecule has 1 aliphatic heterocycles. The number of rotatable bonds is 4. The van der Waals surface area contributed by atoms with Crippen LogP contribution >= 0.6 is 11.6 Å². The van der Waals surface area contributed by atoms with E-state index < -0.39 is 0 Å². The van der Waals surface area contributed by atoms with Crippen molar-refractivity contribution in [2.75, 3.05) is 5.88 Å². The molecule has 0 radical (unpaired) electrons. The molecule has 5 nitrogen and oxygen atoms in total. The van der Waals surface area contributed by atoms with Crippen molar-refractivity contribution in [1.82, 2.24) is 19.7 Å². The number of benzene rings is 1.